The lowest BCUT2D eigenvalue weighted by molar-refractivity contribution is -0.140. The molecule has 0 radical (unpaired) electrons. The molecule has 1 aliphatic heterocycles. The first-order chi connectivity index (χ1) is 17.1. The number of ketones is 1. The monoisotopic (exact) mass is 515 g/mol. The van der Waals surface area contributed by atoms with Crippen molar-refractivity contribution < 1.29 is 32.6 Å². The molecule has 0 aliphatic carbocycles. The second kappa shape index (κ2) is 10.2. The Labute approximate surface area is 210 Å². The number of aliphatic hydroxyl groups excluding tert-OH is 1. The Morgan fingerprint density at radius 3 is 2.42 bits per heavy atom. The molecule has 5 nitrogen and oxygen atoms in total. The lowest BCUT2D eigenvalue weighted by Gasteiger charge is -2.24. The number of carbonyl (C=O) groups excluding carboxylic acids is 2. The molecule has 3 aromatic rings. The Kier molecular flexibility index (Phi) is 7.21. The summed E-state index contributed by atoms with van der Waals surface area (Å²) in [5, 5.41) is 12.9. The maximum Gasteiger partial charge on any atom is 0.416 e. The Bertz CT molecular complexity index is 1280. The Balaban J connectivity index is 1.71. The number of likely N-dealkylation sites (tertiary alicyclic amines) is 1. The van der Waals surface area contributed by atoms with E-state index in [9.17, 15) is 27.9 Å². The van der Waals surface area contributed by atoms with Gasteiger partial charge in [0, 0.05) is 17.0 Å². The summed E-state index contributed by atoms with van der Waals surface area (Å²) in [4.78, 5) is 27.9. The molecule has 1 atom stereocenters. The van der Waals surface area contributed by atoms with Crippen LogP contribution in [-0.4, -0.2) is 28.3 Å². The first-order valence-corrected chi connectivity index (χ1v) is 12.2. The number of rotatable bonds is 7. The van der Waals surface area contributed by atoms with E-state index in [2.05, 4.69) is 0 Å². The molecule has 1 fully saturated rings. The van der Waals surface area contributed by atoms with Crippen LogP contribution < -0.4 is 4.74 Å². The maximum atomic E-state index is 13.2. The van der Waals surface area contributed by atoms with E-state index >= 15 is 0 Å². The van der Waals surface area contributed by atoms with Gasteiger partial charge in [0.05, 0.1) is 23.8 Å². The zero-order valence-corrected chi connectivity index (χ0v) is 20.4. The summed E-state index contributed by atoms with van der Waals surface area (Å²) in [6, 6.07) is 13.7. The minimum atomic E-state index is -4.54. The fraction of sp³-hybridized carbons (Fsp3) is 0.259. The Morgan fingerprint density at radius 2 is 1.81 bits per heavy atom. The summed E-state index contributed by atoms with van der Waals surface area (Å²) < 4.78 is 45.3. The fourth-order valence-corrected chi connectivity index (χ4v) is 4.80. The van der Waals surface area contributed by atoms with Crippen molar-refractivity contribution in [2.75, 3.05) is 6.61 Å². The van der Waals surface area contributed by atoms with Gasteiger partial charge in [-0.25, -0.2) is 0 Å². The summed E-state index contributed by atoms with van der Waals surface area (Å²) in [6.07, 6.45) is -4.54. The third kappa shape index (κ3) is 5.31. The predicted octanol–water partition coefficient (Wildman–Crippen LogP) is 6.42. The van der Waals surface area contributed by atoms with Crippen molar-refractivity contribution in [2.45, 2.75) is 32.6 Å². The minimum Gasteiger partial charge on any atom is -0.507 e. The van der Waals surface area contributed by atoms with Gasteiger partial charge in [-0.05, 0) is 59.3 Å². The average Bonchev–Trinajstić information content (AvgIpc) is 3.45. The highest BCUT2D eigenvalue weighted by molar-refractivity contribution is 7.10. The van der Waals surface area contributed by atoms with E-state index in [0.717, 1.165) is 12.1 Å². The maximum absolute atomic E-state index is 13.2. The van der Waals surface area contributed by atoms with E-state index in [1.54, 1.807) is 41.8 Å². The van der Waals surface area contributed by atoms with Gasteiger partial charge in [0.15, 0.2) is 0 Å². The van der Waals surface area contributed by atoms with Crippen LogP contribution in [0.1, 0.15) is 41.5 Å². The fourth-order valence-electron chi connectivity index (χ4n) is 3.96. The molecule has 9 heteroatoms. The number of alkyl halides is 3. The SMILES string of the molecule is CC(C)COc1ccc(/C(O)=C2/C(=O)C(=O)N(Cc3cccc(C(F)(F)F)c3)C2c2cccs2)cc1. The lowest BCUT2D eigenvalue weighted by Crippen LogP contribution is -2.29. The molecule has 1 aromatic heterocycles. The van der Waals surface area contributed by atoms with Gasteiger partial charge in [0.1, 0.15) is 11.5 Å². The van der Waals surface area contributed by atoms with Crippen molar-refractivity contribution in [3.63, 3.8) is 0 Å². The van der Waals surface area contributed by atoms with E-state index in [-0.39, 0.29) is 23.4 Å². The molecule has 1 N–H and O–H groups in total. The van der Waals surface area contributed by atoms with Crippen molar-refractivity contribution in [1.82, 2.24) is 4.90 Å². The molecular formula is C27H24F3NO4S. The van der Waals surface area contributed by atoms with Crippen molar-refractivity contribution in [1.29, 1.82) is 0 Å². The van der Waals surface area contributed by atoms with Gasteiger partial charge >= 0.3 is 6.18 Å². The van der Waals surface area contributed by atoms with E-state index in [0.29, 0.717) is 28.7 Å². The average molecular weight is 516 g/mol. The largest absolute Gasteiger partial charge is 0.507 e. The van der Waals surface area contributed by atoms with Crippen LogP contribution in [0.5, 0.6) is 5.75 Å². The normalized spacial score (nSPS) is 17.7. The number of aliphatic hydroxyl groups is 1. The molecule has 36 heavy (non-hydrogen) atoms. The topological polar surface area (TPSA) is 66.8 Å². The van der Waals surface area contributed by atoms with Crippen LogP contribution in [0, 0.1) is 5.92 Å². The van der Waals surface area contributed by atoms with E-state index in [4.69, 9.17) is 4.74 Å². The Hall–Kier alpha value is -3.59. The number of carbonyl (C=O) groups is 2. The van der Waals surface area contributed by atoms with E-state index < -0.39 is 29.5 Å². The Morgan fingerprint density at radius 1 is 1.08 bits per heavy atom. The molecule has 2 aromatic carbocycles. The number of amides is 1. The number of thiophene rings is 1. The van der Waals surface area contributed by atoms with Crippen molar-refractivity contribution in [2.24, 2.45) is 5.92 Å². The summed E-state index contributed by atoms with van der Waals surface area (Å²) in [5.41, 5.74) is -0.403. The first kappa shape index (κ1) is 25.5. The highest BCUT2D eigenvalue weighted by Gasteiger charge is 2.46. The zero-order valence-electron chi connectivity index (χ0n) is 19.6. The van der Waals surface area contributed by atoms with Gasteiger partial charge in [-0.15, -0.1) is 11.3 Å². The van der Waals surface area contributed by atoms with Gasteiger partial charge in [-0.3, -0.25) is 9.59 Å². The minimum absolute atomic E-state index is 0.106. The number of hydrogen-bond acceptors (Lipinski definition) is 5. The van der Waals surface area contributed by atoms with Crippen LogP contribution in [0.2, 0.25) is 0 Å². The number of halogens is 3. The van der Waals surface area contributed by atoms with Crippen LogP contribution in [0.25, 0.3) is 5.76 Å². The standard InChI is InChI=1S/C27H24F3NO4S/c1-16(2)15-35-20-10-8-18(9-11-20)24(32)22-23(21-7-4-12-36-21)31(26(34)25(22)33)14-17-5-3-6-19(13-17)27(28,29)30/h3-13,16,23,32H,14-15H2,1-2H3/b24-22-. The quantitative estimate of drug-likeness (QED) is 0.224. The zero-order chi connectivity index (χ0) is 26.0. The second-order valence-electron chi connectivity index (χ2n) is 8.87. The number of hydrogen-bond donors (Lipinski definition) is 1. The summed E-state index contributed by atoms with van der Waals surface area (Å²) in [7, 11) is 0. The van der Waals surface area contributed by atoms with Gasteiger partial charge in [0.2, 0.25) is 0 Å². The highest BCUT2D eigenvalue weighted by atomic mass is 32.1. The molecule has 1 amide bonds. The summed E-state index contributed by atoms with van der Waals surface area (Å²) in [5.74, 6) is -1.20. The summed E-state index contributed by atoms with van der Waals surface area (Å²) in [6.45, 7) is 4.33. The molecule has 1 unspecified atom stereocenters. The van der Waals surface area contributed by atoms with Crippen LogP contribution in [0.15, 0.2) is 71.6 Å². The smallest absolute Gasteiger partial charge is 0.416 e. The van der Waals surface area contributed by atoms with Gasteiger partial charge in [-0.2, -0.15) is 13.2 Å². The molecule has 0 bridgehead atoms. The van der Waals surface area contributed by atoms with Gasteiger partial charge < -0.3 is 14.7 Å². The van der Waals surface area contributed by atoms with E-state index in [1.807, 2.05) is 13.8 Å². The molecule has 188 valence electrons. The third-order valence-corrected chi connectivity index (χ3v) is 6.60. The molecule has 0 spiro atoms. The third-order valence-electron chi connectivity index (χ3n) is 5.67. The number of nitrogens with zero attached hydrogens (tertiary/aromatic N) is 1. The molecule has 2 heterocycles. The van der Waals surface area contributed by atoms with Crippen molar-refractivity contribution in [3.8, 4) is 5.75 Å². The van der Waals surface area contributed by atoms with Crippen LogP contribution in [-0.2, 0) is 22.3 Å². The predicted molar refractivity (Wildman–Crippen MR) is 130 cm³/mol. The number of ether oxygens (including phenoxy) is 1. The molecule has 4 rings (SSSR count). The highest BCUT2D eigenvalue weighted by Crippen LogP contribution is 2.42. The van der Waals surface area contributed by atoms with Gasteiger partial charge in [0.25, 0.3) is 11.7 Å². The van der Waals surface area contributed by atoms with Crippen molar-refractivity contribution in [3.05, 3.63) is 93.2 Å². The number of benzene rings is 2. The lowest BCUT2D eigenvalue weighted by atomic mass is 9.99. The summed E-state index contributed by atoms with van der Waals surface area (Å²) >= 11 is 1.28. The second-order valence-corrected chi connectivity index (χ2v) is 9.85. The van der Waals surface area contributed by atoms with Crippen molar-refractivity contribution >= 4 is 28.8 Å². The number of Topliss-reactive ketones (excluding diaryl/α,β-unsaturated/α-hetero) is 1. The van der Waals surface area contributed by atoms with Crippen LogP contribution in [0.4, 0.5) is 13.2 Å². The molecule has 1 aliphatic rings. The van der Waals surface area contributed by atoms with Crippen LogP contribution in [0.3, 0.4) is 0 Å². The molecule has 1 saturated heterocycles. The van der Waals surface area contributed by atoms with Crippen LogP contribution >= 0.6 is 11.3 Å². The molecule has 0 saturated carbocycles. The first-order valence-electron chi connectivity index (χ1n) is 11.3. The van der Waals surface area contributed by atoms with E-state index in [1.165, 1.54) is 28.4 Å². The van der Waals surface area contributed by atoms with Gasteiger partial charge in [-0.1, -0.05) is 32.0 Å². The molecular weight excluding hydrogens is 491 g/mol.